The molecule has 1 amide bonds. The monoisotopic (exact) mass is 279 g/mol. The molecule has 0 aliphatic carbocycles. The maximum Gasteiger partial charge on any atom is 0.408 e. The van der Waals surface area contributed by atoms with Crippen molar-refractivity contribution in [3.05, 3.63) is 34.9 Å². The second kappa shape index (κ2) is 6.49. The molecule has 0 spiro atoms. The van der Waals surface area contributed by atoms with Crippen molar-refractivity contribution in [3.8, 4) is 12.3 Å². The summed E-state index contributed by atoms with van der Waals surface area (Å²) in [6.07, 6.45) is 5.36. The van der Waals surface area contributed by atoms with Gasteiger partial charge in [0.1, 0.15) is 5.60 Å². The van der Waals surface area contributed by atoms with Crippen LogP contribution in [0, 0.1) is 12.3 Å². The molecule has 0 heterocycles. The first-order chi connectivity index (χ1) is 8.81. The fraction of sp³-hybridized carbons (Fsp3) is 0.400. The third-order valence-corrected chi connectivity index (χ3v) is 2.64. The van der Waals surface area contributed by atoms with Crippen LogP contribution in [0.5, 0.6) is 0 Å². The normalized spacial score (nSPS) is 12.4. The van der Waals surface area contributed by atoms with Crippen LogP contribution in [0.4, 0.5) is 4.79 Å². The highest BCUT2D eigenvalue weighted by molar-refractivity contribution is 6.31. The minimum atomic E-state index is -0.548. The Labute approximate surface area is 119 Å². The van der Waals surface area contributed by atoms with Crippen molar-refractivity contribution in [2.45, 2.75) is 38.8 Å². The fourth-order valence-electron chi connectivity index (χ4n) is 1.49. The van der Waals surface area contributed by atoms with Crippen LogP contribution < -0.4 is 5.32 Å². The average Bonchev–Trinajstić information content (AvgIpc) is 2.28. The highest BCUT2D eigenvalue weighted by atomic mass is 35.5. The summed E-state index contributed by atoms with van der Waals surface area (Å²) in [5.74, 6) is 2.52. The number of benzene rings is 1. The second-order valence-electron chi connectivity index (χ2n) is 5.16. The van der Waals surface area contributed by atoms with Gasteiger partial charge in [-0.15, -0.1) is 6.42 Å². The lowest BCUT2D eigenvalue weighted by atomic mass is 10.1. The van der Waals surface area contributed by atoms with E-state index in [0.717, 1.165) is 5.56 Å². The first kappa shape index (κ1) is 15.4. The van der Waals surface area contributed by atoms with Crippen molar-refractivity contribution < 1.29 is 9.53 Å². The van der Waals surface area contributed by atoms with Gasteiger partial charge < -0.3 is 10.1 Å². The van der Waals surface area contributed by atoms with Crippen LogP contribution in [0.25, 0.3) is 0 Å². The molecule has 19 heavy (non-hydrogen) atoms. The minimum absolute atomic E-state index is 0.449. The van der Waals surface area contributed by atoms with Gasteiger partial charge in [-0.25, -0.2) is 4.79 Å². The van der Waals surface area contributed by atoms with Crippen molar-refractivity contribution in [1.82, 2.24) is 5.32 Å². The van der Waals surface area contributed by atoms with Gasteiger partial charge in [0.25, 0.3) is 0 Å². The Kier molecular flexibility index (Phi) is 5.26. The zero-order valence-corrected chi connectivity index (χ0v) is 12.1. The molecule has 3 nitrogen and oxygen atoms in total. The number of carbonyl (C=O) groups excluding carboxylic acids is 1. The summed E-state index contributed by atoms with van der Waals surface area (Å²) in [6.45, 7) is 5.39. The Bertz CT molecular complexity index is 486. The van der Waals surface area contributed by atoms with Crippen LogP contribution >= 0.6 is 11.6 Å². The quantitative estimate of drug-likeness (QED) is 0.861. The van der Waals surface area contributed by atoms with Gasteiger partial charge in [-0.05, 0) is 32.4 Å². The summed E-state index contributed by atoms with van der Waals surface area (Å²) in [7, 11) is 0. The van der Waals surface area contributed by atoms with E-state index in [1.165, 1.54) is 0 Å². The lowest BCUT2D eigenvalue weighted by molar-refractivity contribution is 0.0516. The molecular formula is C15H18ClNO2. The van der Waals surface area contributed by atoms with Crippen molar-refractivity contribution in [1.29, 1.82) is 0 Å². The van der Waals surface area contributed by atoms with Gasteiger partial charge >= 0.3 is 6.09 Å². The number of halogens is 1. The molecule has 0 aliphatic heterocycles. The van der Waals surface area contributed by atoms with Crippen LogP contribution in [-0.2, 0) is 11.2 Å². The van der Waals surface area contributed by atoms with E-state index in [9.17, 15) is 4.79 Å². The molecule has 1 aromatic rings. The second-order valence-corrected chi connectivity index (χ2v) is 5.57. The van der Waals surface area contributed by atoms with Gasteiger partial charge in [-0.3, -0.25) is 0 Å². The van der Waals surface area contributed by atoms with E-state index in [4.69, 9.17) is 22.8 Å². The number of hydrogen-bond acceptors (Lipinski definition) is 2. The van der Waals surface area contributed by atoms with Gasteiger partial charge in [-0.2, -0.15) is 0 Å². The third-order valence-electron chi connectivity index (χ3n) is 2.27. The molecule has 1 aromatic carbocycles. The van der Waals surface area contributed by atoms with E-state index >= 15 is 0 Å². The SMILES string of the molecule is C#CC(Cc1ccccc1Cl)NC(=O)OC(C)(C)C. The smallest absolute Gasteiger partial charge is 0.408 e. The number of alkyl carbamates (subject to hydrolysis) is 1. The molecular weight excluding hydrogens is 262 g/mol. The van der Waals surface area contributed by atoms with Crippen molar-refractivity contribution in [2.75, 3.05) is 0 Å². The highest BCUT2D eigenvalue weighted by Crippen LogP contribution is 2.16. The van der Waals surface area contributed by atoms with Crippen molar-refractivity contribution in [3.63, 3.8) is 0 Å². The summed E-state index contributed by atoms with van der Waals surface area (Å²) in [5, 5.41) is 3.28. The number of rotatable bonds is 3. The Balaban J connectivity index is 2.63. The van der Waals surface area contributed by atoms with Crippen LogP contribution in [0.2, 0.25) is 5.02 Å². The summed E-state index contributed by atoms with van der Waals surface area (Å²) < 4.78 is 5.16. The first-order valence-electron chi connectivity index (χ1n) is 6.01. The standard InChI is InChI=1S/C15H18ClNO2/c1-5-12(17-14(18)19-15(2,3)4)10-11-8-6-7-9-13(11)16/h1,6-9,12H,10H2,2-4H3,(H,17,18). The molecule has 1 unspecified atom stereocenters. The Morgan fingerprint density at radius 1 is 1.47 bits per heavy atom. The van der Waals surface area contributed by atoms with Crippen molar-refractivity contribution >= 4 is 17.7 Å². The minimum Gasteiger partial charge on any atom is -0.444 e. The molecule has 4 heteroatoms. The summed E-state index contributed by atoms with van der Waals surface area (Å²) in [5.41, 5.74) is 0.344. The molecule has 0 aliphatic rings. The first-order valence-corrected chi connectivity index (χ1v) is 6.38. The van der Waals surface area contributed by atoms with E-state index in [0.29, 0.717) is 11.4 Å². The molecule has 1 atom stereocenters. The van der Waals surface area contributed by atoms with Crippen LogP contribution in [0.1, 0.15) is 26.3 Å². The lowest BCUT2D eigenvalue weighted by Gasteiger charge is -2.21. The maximum absolute atomic E-state index is 11.6. The number of hydrogen-bond donors (Lipinski definition) is 1. The number of carbonyl (C=O) groups is 1. The molecule has 0 bridgehead atoms. The van der Waals surface area contributed by atoms with E-state index < -0.39 is 17.7 Å². The molecule has 0 aromatic heterocycles. The van der Waals surface area contributed by atoms with E-state index in [2.05, 4.69) is 11.2 Å². The molecule has 0 fully saturated rings. The van der Waals surface area contributed by atoms with Crippen LogP contribution in [0.3, 0.4) is 0 Å². The fourth-order valence-corrected chi connectivity index (χ4v) is 1.70. The van der Waals surface area contributed by atoms with Crippen LogP contribution in [0.15, 0.2) is 24.3 Å². The van der Waals surface area contributed by atoms with E-state index in [-0.39, 0.29) is 0 Å². The Morgan fingerprint density at radius 3 is 2.63 bits per heavy atom. The zero-order valence-electron chi connectivity index (χ0n) is 11.4. The molecule has 0 saturated heterocycles. The maximum atomic E-state index is 11.6. The number of terminal acetylenes is 1. The molecule has 0 saturated carbocycles. The third kappa shape index (κ3) is 5.67. The van der Waals surface area contributed by atoms with Gasteiger partial charge in [0, 0.05) is 11.4 Å². The molecule has 1 rings (SSSR count). The molecule has 102 valence electrons. The predicted molar refractivity (Wildman–Crippen MR) is 77.1 cm³/mol. The topological polar surface area (TPSA) is 38.3 Å². The van der Waals surface area contributed by atoms with E-state index in [1.807, 2.05) is 18.2 Å². The largest absolute Gasteiger partial charge is 0.444 e. The van der Waals surface area contributed by atoms with Gasteiger partial charge in [-0.1, -0.05) is 35.7 Å². The molecule has 0 radical (unpaired) electrons. The van der Waals surface area contributed by atoms with Gasteiger partial charge in [0.2, 0.25) is 0 Å². The number of ether oxygens (including phenoxy) is 1. The lowest BCUT2D eigenvalue weighted by Crippen LogP contribution is -2.39. The number of nitrogens with one attached hydrogen (secondary N) is 1. The summed E-state index contributed by atoms with van der Waals surface area (Å²) in [6, 6.07) is 6.94. The van der Waals surface area contributed by atoms with Gasteiger partial charge in [0.05, 0.1) is 6.04 Å². The number of amides is 1. The predicted octanol–water partition coefficient (Wildman–Crippen LogP) is 3.41. The van der Waals surface area contributed by atoms with Crippen molar-refractivity contribution in [2.24, 2.45) is 0 Å². The highest BCUT2D eigenvalue weighted by Gasteiger charge is 2.19. The molecule has 1 N–H and O–H groups in total. The Hall–Kier alpha value is -1.66. The average molecular weight is 280 g/mol. The zero-order chi connectivity index (χ0) is 14.5. The van der Waals surface area contributed by atoms with Gasteiger partial charge in [0.15, 0.2) is 0 Å². The summed E-state index contributed by atoms with van der Waals surface area (Å²) >= 11 is 6.06. The van der Waals surface area contributed by atoms with Crippen LogP contribution in [-0.4, -0.2) is 17.7 Å². The summed E-state index contributed by atoms with van der Waals surface area (Å²) in [4.78, 5) is 11.6. The van der Waals surface area contributed by atoms with E-state index in [1.54, 1.807) is 26.8 Å². The Morgan fingerprint density at radius 2 is 2.11 bits per heavy atom.